The average molecular weight is 380 g/mol. The van der Waals surface area contributed by atoms with Gasteiger partial charge in [-0.3, -0.25) is 4.79 Å². The topological polar surface area (TPSA) is 66.8 Å². The molecule has 0 aromatic carbocycles. The molecule has 1 spiro atoms. The van der Waals surface area contributed by atoms with Crippen molar-refractivity contribution in [2.75, 3.05) is 13.1 Å². The van der Waals surface area contributed by atoms with Gasteiger partial charge in [-0.15, -0.1) is 6.58 Å². The smallest absolute Gasteiger partial charge is 0.410 e. The molecule has 0 aromatic heterocycles. The third-order valence-electron chi connectivity index (χ3n) is 6.11. The summed E-state index contributed by atoms with van der Waals surface area (Å²) >= 11 is 0. The molecule has 5 nitrogen and oxygen atoms in total. The molecule has 1 amide bonds. The van der Waals surface area contributed by atoms with Crippen LogP contribution in [0.2, 0.25) is 0 Å². The Bertz CT molecular complexity index is 553. The zero-order valence-electron chi connectivity index (χ0n) is 17.5. The van der Waals surface area contributed by atoms with Gasteiger partial charge in [0, 0.05) is 19.5 Å². The predicted octanol–water partition coefficient (Wildman–Crippen LogP) is 4.34. The van der Waals surface area contributed by atoms with Crippen LogP contribution < -0.4 is 0 Å². The summed E-state index contributed by atoms with van der Waals surface area (Å²) in [5.74, 6) is 0.711. The van der Waals surface area contributed by atoms with Crippen LogP contribution in [0.5, 0.6) is 0 Å². The van der Waals surface area contributed by atoms with Crippen molar-refractivity contribution in [2.24, 2.45) is 17.3 Å². The summed E-state index contributed by atoms with van der Waals surface area (Å²) in [6, 6.07) is 0. The highest BCUT2D eigenvalue weighted by atomic mass is 16.6. The second-order valence-corrected chi connectivity index (χ2v) is 9.45. The number of ether oxygens (including phenoxy) is 1. The number of aliphatic hydroxyl groups excluding tert-OH is 1. The molecule has 27 heavy (non-hydrogen) atoms. The standard InChI is InChI=1S/C22H37NO4/c1-6-9-17-14-16(2)15-19(25)22(17)11-8-13-23(12-7-10-18(22)24)20(26)27-21(3,4)5/h6,16-17,19,25H,1,7-15H2,2-5H3/t16-,17-,19-,22+/m1/s1. The summed E-state index contributed by atoms with van der Waals surface area (Å²) in [7, 11) is 0. The molecule has 4 atom stereocenters. The van der Waals surface area contributed by atoms with E-state index in [4.69, 9.17) is 4.74 Å². The van der Waals surface area contributed by atoms with Gasteiger partial charge in [0.2, 0.25) is 0 Å². The van der Waals surface area contributed by atoms with E-state index < -0.39 is 17.1 Å². The summed E-state index contributed by atoms with van der Waals surface area (Å²) in [4.78, 5) is 27.5. The van der Waals surface area contributed by atoms with Gasteiger partial charge in [-0.05, 0) is 71.1 Å². The Morgan fingerprint density at radius 2 is 2.00 bits per heavy atom. The first-order valence-electron chi connectivity index (χ1n) is 10.4. The van der Waals surface area contributed by atoms with Crippen molar-refractivity contribution in [3.8, 4) is 0 Å². The van der Waals surface area contributed by atoms with Crippen LogP contribution in [-0.2, 0) is 9.53 Å². The fourth-order valence-corrected chi connectivity index (χ4v) is 4.93. The third kappa shape index (κ3) is 5.13. The number of hydrogen-bond donors (Lipinski definition) is 1. The summed E-state index contributed by atoms with van der Waals surface area (Å²) in [5, 5.41) is 11.0. The molecule has 0 aromatic rings. The van der Waals surface area contributed by atoms with Gasteiger partial charge in [0.05, 0.1) is 11.5 Å². The van der Waals surface area contributed by atoms with Crippen molar-refractivity contribution in [3.05, 3.63) is 12.7 Å². The largest absolute Gasteiger partial charge is 0.444 e. The molecule has 1 aliphatic heterocycles. The maximum Gasteiger partial charge on any atom is 0.410 e. The van der Waals surface area contributed by atoms with Gasteiger partial charge in [0.25, 0.3) is 0 Å². The molecular weight excluding hydrogens is 342 g/mol. The highest BCUT2D eigenvalue weighted by molar-refractivity contribution is 5.86. The van der Waals surface area contributed by atoms with E-state index in [9.17, 15) is 14.7 Å². The lowest BCUT2D eigenvalue weighted by atomic mass is 9.56. The van der Waals surface area contributed by atoms with E-state index in [1.807, 2.05) is 26.8 Å². The number of ketones is 1. The second-order valence-electron chi connectivity index (χ2n) is 9.45. The second kappa shape index (κ2) is 8.76. The lowest BCUT2D eigenvalue weighted by molar-refractivity contribution is -0.149. The number of amides is 1. The van der Waals surface area contributed by atoms with E-state index in [0.29, 0.717) is 51.1 Å². The molecule has 1 saturated carbocycles. The van der Waals surface area contributed by atoms with Crippen LogP contribution in [-0.4, -0.2) is 46.7 Å². The SMILES string of the molecule is C=CC[C@@H]1C[C@@H](C)C[C@@H](O)[C@@]12CCCN(C(=O)OC(C)(C)C)CCCC2=O. The van der Waals surface area contributed by atoms with E-state index in [1.165, 1.54) is 0 Å². The molecule has 1 saturated heterocycles. The van der Waals surface area contributed by atoms with Crippen molar-refractivity contribution < 1.29 is 19.4 Å². The van der Waals surface area contributed by atoms with Crippen LogP contribution in [0.15, 0.2) is 12.7 Å². The molecular formula is C22H37NO4. The lowest BCUT2D eigenvalue weighted by Crippen LogP contribution is -2.52. The molecule has 1 N–H and O–H groups in total. The number of nitrogens with zero attached hydrogens (tertiary/aromatic N) is 1. The van der Waals surface area contributed by atoms with E-state index >= 15 is 0 Å². The number of Topliss-reactive ketones (excluding diaryl/α,β-unsaturated/α-hetero) is 1. The maximum absolute atomic E-state index is 13.3. The lowest BCUT2D eigenvalue weighted by Gasteiger charge is -2.48. The van der Waals surface area contributed by atoms with Gasteiger partial charge in [-0.1, -0.05) is 13.0 Å². The number of rotatable bonds is 2. The molecule has 154 valence electrons. The molecule has 2 rings (SSSR count). The van der Waals surface area contributed by atoms with Gasteiger partial charge >= 0.3 is 6.09 Å². The Balaban J connectivity index is 2.19. The van der Waals surface area contributed by atoms with Crippen molar-refractivity contribution >= 4 is 11.9 Å². The minimum Gasteiger partial charge on any atom is -0.444 e. The number of carbonyl (C=O) groups is 2. The molecule has 1 aliphatic carbocycles. The number of allylic oxidation sites excluding steroid dienone is 1. The summed E-state index contributed by atoms with van der Waals surface area (Å²) < 4.78 is 5.51. The summed E-state index contributed by atoms with van der Waals surface area (Å²) in [5.41, 5.74) is -1.22. The van der Waals surface area contributed by atoms with E-state index in [1.54, 1.807) is 4.90 Å². The fraction of sp³-hybridized carbons (Fsp3) is 0.818. The maximum atomic E-state index is 13.3. The first-order valence-corrected chi connectivity index (χ1v) is 10.4. The molecule has 2 fully saturated rings. The highest BCUT2D eigenvalue weighted by Crippen LogP contribution is 2.50. The Kier molecular flexibility index (Phi) is 7.12. The van der Waals surface area contributed by atoms with Gasteiger partial charge in [-0.25, -0.2) is 4.79 Å². The van der Waals surface area contributed by atoms with Crippen molar-refractivity contribution in [1.82, 2.24) is 4.90 Å². The quantitative estimate of drug-likeness (QED) is 0.725. The Morgan fingerprint density at radius 3 is 2.63 bits per heavy atom. The normalized spacial score (nSPS) is 33.1. The van der Waals surface area contributed by atoms with E-state index in [0.717, 1.165) is 12.8 Å². The minimum absolute atomic E-state index is 0.134. The van der Waals surface area contributed by atoms with Crippen LogP contribution in [0.4, 0.5) is 4.79 Å². The molecule has 1 heterocycles. The average Bonchev–Trinajstić information content (AvgIpc) is 2.61. The van der Waals surface area contributed by atoms with Gasteiger partial charge < -0.3 is 14.7 Å². The van der Waals surface area contributed by atoms with Crippen LogP contribution in [0.3, 0.4) is 0 Å². The van der Waals surface area contributed by atoms with Crippen LogP contribution in [0, 0.1) is 17.3 Å². The minimum atomic E-state index is -0.690. The van der Waals surface area contributed by atoms with Gasteiger partial charge in [-0.2, -0.15) is 0 Å². The summed E-state index contributed by atoms with van der Waals surface area (Å²) in [6.45, 7) is 12.7. The Hall–Kier alpha value is -1.36. The van der Waals surface area contributed by atoms with Gasteiger partial charge in [0.1, 0.15) is 11.4 Å². The fourth-order valence-electron chi connectivity index (χ4n) is 4.93. The predicted molar refractivity (Wildman–Crippen MR) is 106 cm³/mol. The third-order valence-corrected chi connectivity index (χ3v) is 6.11. The van der Waals surface area contributed by atoms with E-state index in [2.05, 4.69) is 13.5 Å². The van der Waals surface area contributed by atoms with Crippen LogP contribution in [0.1, 0.15) is 72.6 Å². The summed E-state index contributed by atoms with van der Waals surface area (Å²) in [6.07, 6.45) is 5.67. The number of hydrogen-bond acceptors (Lipinski definition) is 4. The van der Waals surface area contributed by atoms with Crippen molar-refractivity contribution in [1.29, 1.82) is 0 Å². The molecule has 0 unspecified atom stereocenters. The van der Waals surface area contributed by atoms with Crippen LogP contribution in [0.25, 0.3) is 0 Å². The number of carbonyl (C=O) groups excluding carboxylic acids is 2. The number of aliphatic hydroxyl groups is 1. The molecule has 2 aliphatic rings. The van der Waals surface area contributed by atoms with Gasteiger partial charge in [0.15, 0.2) is 0 Å². The monoisotopic (exact) mass is 379 g/mol. The zero-order valence-corrected chi connectivity index (χ0v) is 17.5. The first-order chi connectivity index (χ1) is 12.6. The Labute approximate surface area is 164 Å². The molecule has 0 radical (unpaired) electrons. The molecule has 5 heteroatoms. The van der Waals surface area contributed by atoms with Crippen molar-refractivity contribution in [2.45, 2.75) is 84.3 Å². The van der Waals surface area contributed by atoms with Crippen LogP contribution >= 0.6 is 0 Å². The highest BCUT2D eigenvalue weighted by Gasteiger charge is 2.52. The van der Waals surface area contributed by atoms with Crippen molar-refractivity contribution in [3.63, 3.8) is 0 Å². The Morgan fingerprint density at radius 1 is 1.33 bits per heavy atom. The first kappa shape index (κ1) is 21.9. The zero-order chi connectivity index (χ0) is 20.2. The molecule has 0 bridgehead atoms. The van der Waals surface area contributed by atoms with E-state index in [-0.39, 0.29) is 17.8 Å².